The predicted octanol–water partition coefficient (Wildman–Crippen LogP) is 5.22. The molecule has 40 heavy (non-hydrogen) atoms. The van der Waals surface area contributed by atoms with Crippen molar-refractivity contribution in [2.24, 2.45) is 0 Å². The highest BCUT2D eigenvalue weighted by atomic mass is 35.5. The highest BCUT2D eigenvalue weighted by Gasteiger charge is 2.27. The number of hydrogen-bond donors (Lipinski definition) is 1. The van der Waals surface area contributed by atoms with E-state index < -0.39 is 11.4 Å². The van der Waals surface area contributed by atoms with E-state index in [9.17, 15) is 14.0 Å². The molecule has 0 atom stereocenters. The molecular weight excluding hydrogens is 555 g/mol. The minimum Gasteiger partial charge on any atom is -0.444 e. The summed E-state index contributed by atoms with van der Waals surface area (Å²) < 4.78 is 19.0. The minimum absolute atomic E-state index is 0.0270. The molecule has 0 bridgehead atoms. The zero-order chi connectivity index (χ0) is 28.4. The van der Waals surface area contributed by atoms with Gasteiger partial charge >= 0.3 is 6.09 Å². The number of thiophene rings is 1. The summed E-state index contributed by atoms with van der Waals surface area (Å²) in [6.45, 7) is 10.0. The van der Waals surface area contributed by atoms with E-state index >= 15 is 0 Å². The summed E-state index contributed by atoms with van der Waals surface area (Å²) >= 11 is 7.50. The van der Waals surface area contributed by atoms with Gasteiger partial charge in [-0.25, -0.2) is 19.2 Å². The van der Waals surface area contributed by atoms with Crippen LogP contribution in [0.5, 0.6) is 0 Å². The normalized spacial score (nSPS) is 16.4. The van der Waals surface area contributed by atoms with E-state index in [1.807, 2.05) is 31.7 Å². The van der Waals surface area contributed by atoms with Crippen molar-refractivity contribution in [1.29, 1.82) is 0 Å². The molecule has 0 unspecified atom stereocenters. The van der Waals surface area contributed by atoms with Crippen LogP contribution in [0.4, 0.5) is 20.7 Å². The maximum absolute atomic E-state index is 13.6. The van der Waals surface area contributed by atoms with Gasteiger partial charge in [-0.15, -0.1) is 11.3 Å². The molecule has 2 aliphatic heterocycles. The van der Waals surface area contributed by atoms with Crippen LogP contribution < -0.4 is 5.32 Å². The second kappa shape index (κ2) is 11.7. The number of carbonyl (C=O) groups is 2. The van der Waals surface area contributed by atoms with Crippen LogP contribution in [0, 0.1) is 5.82 Å². The first-order valence-electron chi connectivity index (χ1n) is 13.2. The Balaban J connectivity index is 1.17. The molecule has 9 nitrogen and oxygen atoms in total. The Hall–Kier alpha value is -3.28. The van der Waals surface area contributed by atoms with Crippen LogP contribution in [-0.2, 0) is 22.5 Å². The average Bonchev–Trinajstić information content (AvgIpc) is 3.29. The third-order valence-corrected chi connectivity index (χ3v) is 8.19. The first-order chi connectivity index (χ1) is 19.1. The van der Waals surface area contributed by atoms with Crippen LogP contribution >= 0.6 is 22.9 Å². The van der Waals surface area contributed by atoms with Gasteiger partial charge in [0.15, 0.2) is 0 Å². The number of nitrogens with one attached hydrogen (secondary N) is 1. The Morgan fingerprint density at radius 2 is 1.93 bits per heavy atom. The van der Waals surface area contributed by atoms with Crippen molar-refractivity contribution in [3.63, 3.8) is 0 Å². The number of hydrogen-bond acceptors (Lipinski definition) is 8. The zero-order valence-electron chi connectivity index (χ0n) is 22.7. The zero-order valence-corrected chi connectivity index (χ0v) is 24.3. The predicted molar refractivity (Wildman–Crippen MR) is 155 cm³/mol. The van der Waals surface area contributed by atoms with Gasteiger partial charge in [0, 0.05) is 55.9 Å². The van der Waals surface area contributed by atoms with Gasteiger partial charge < -0.3 is 19.9 Å². The van der Waals surface area contributed by atoms with Crippen molar-refractivity contribution >= 4 is 56.7 Å². The SMILES string of the molecule is CC(C)(C)OC(=O)N1CCN(CC=CC(=O)N2CCc3c(sc4ncnc(Nc5ccc(F)c(Cl)c5)c34)C2)CC1. The number of carbonyl (C=O) groups excluding carboxylic acids is 2. The Morgan fingerprint density at radius 3 is 2.65 bits per heavy atom. The maximum Gasteiger partial charge on any atom is 0.410 e. The van der Waals surface area contributed by atoms with Gasteiger partial charge in [-0.3, -0.25) is 9.69 Å². The molecule has 5 rings (SSSR count). The van der Waals surface area contributed by atoms with E-state index in [2.05, 4.69) is 20.2 Å². The van der Waals surface area contributed by atoms with E-state index in [-0.39, 0.29) is 17.0 Å². The van der Waals surface area contributed by atoms with Crippen molar-refractivity contribution in [1.82, 2.24) is 24.7 Å². The first kappa shape index (κ1) is 28.3. The lowest BCUT2D eigenvalue weighted by Crippen LogP contribution is -2.49. The molecule has 3 aromatic rings. The lowest BCUT2D eigenvalue weighted by atomic mass is 10.0. The summed E-state index contributed by atoms with van der Waals surface area (Å²) in [4.78, 5) is 41.8. The number of rotatable bonds is 5. The molecule has 2 aromatic heterocycles. The van der Waals surface area contributed by atoms with Crippen molar-refractivity contribution in [3.8, 4) is 0 Å². The van der Waals surface area contributed by atoms with E-state index in [1.54, 1.807) is 28.4 Å². The molecule has 2 aliphatic rings. The number of anilines is 2. The Kier molecular flexibility index (Phi) is 8.25. The molecule has 0 spiro atoms. The lowest BCUT2D eigenvalue weighted by molar-refractivity contribution is -0.126. The molecule has 1 aromatic carbocycles. The first-order valence-corrected chi connectivity index (χ1v) is 14.4. The largest absolute Gasteiger partial charge is 0.444 e. The van der Waals surface area contributed by atoms with Crippen LogP contribution in [0.2, 0.25) is 5.02 Å². The van der Waals surface area contributed by atoms with Gasteiger partial charge in [0.25, 0.3) is 0 Å². The molecule has 212 valence electrons. The highest BCUT2D eigenvalue weighted by molar-refractivity contribution is 7.19. The fourth-order valence-corrected chi connectivity index (χ4v) is 6.15. The second-order valence-corrected chi connectivity index (χ2v) is 12.3. The quantitative estimate of drug-likeness (QED) is 0.410. The van der Waals surface area contributed by atoms with E-state index in [0.717, 1.165) is 33.7 Å². The Morgan fingerprint density at radius 1 is 1.15 bits per heavy atom. The standard InChI is InChI=1S/C28H32ClFN6O3S/c1-28(2,3)39-27(38)35-13-11-34(12-14-35)9-4-5-23(37)36-10-8-19-22(16-36)40-26-24(19)25(31-17-32-26)33-18-6-7-21(30)20(29)15-18/h4-7,15,17H,8-14,16H2,1-3H3,(H,31,32,33). The molecule has 0 saturated carbocycles. The average molecular weight is 587 g/mol. The van der Waals surface area contributed by atoms with Crippen LogP contribution in [0.25, 0.3) is 10.2 Å². The molecule has 12 heteroatoms. The maximum atomic E-state index is 13.6. The summed E-state index contributed by atoms with van der Waals surface area (Å²) in [5, 5.41) is 4.20. The van der Waals surface area contributed by atoms with Gasteiger partial charge in [-0.1, -0.05) is 17.7 Å². The number of benzene rings is 1. The third kappa shape index (κ3) is 6.54. The molecular formula is C28H32ClFN6O3S. The smallest absolute Gasteiger partial charge is 0.410 e. The van der Waals surface area contributed by atoms with Gasteiger partial charge in [0.2, 0.25) is 5.91 Å². The monoisotopic (exact) mass is 586 g/mol. The van der Waals surface area contributed by atoms with Gasteiger partial charge in [-0.05, 0) is 51.0 Å². The van der Waals surface area contributed by atoms with Gasteiger partial charge in [-0.2, -0.15) is 0 Å². The van der Waals surface area contributed by atoms with Crippen LogP contribution in [0.15, 0.2) is 36.7 Å². The Bertz CT molecular complexity index is 1450. The van der Waals surface area contributed by atoms with Crippen molar-refractivity contribution in [2.75, 3.05) is 44.6 Å². The molecule has 0 radical (unpaired) electrons. The molecule has 2 amide bonds. The summed E-state index contributed by atoms with van der Waals surface area (Å²) in [5.74, 6) is 0.130. The summed E-state index contributed by atoms with van der Waals surface area (Å²) in [6.07, 6.45) is 5.44. The topological polar surface area (TPSA) is 90.9 Å². The van der Waals surface area contributed by atoms with Crippen LogP contribution in [-0.4, -0.2) is 81.5 Å². The number of fused-ring (bicyclic) bond motifs is 3. The molecule has 0 aliphatic carbocycles. The van der Waals surface area contributed by atoms with E-state index in [0.29, 0.717) is 50.6 Å². The summed E-state index contributed by atoms with van der Waals surface area (Å²) in [6, 6.07) is 4.45. The van der Waals surface area contributed by atoms with Crippen molar-refractivity contribution in [2.45, 2.75) is 39.3 Å². The minimum atomic E-state index is -0.506. The highest BCUT2D eigenvalue weighted by Crippen LogP contribution is 2.38. The fraction of sp³-hybridized carbons (Fsp3) is 0.429. The van der Waals surface area contributed by atoms with Crippen LogP contribution in [0.1, 0.15) is 31.2 Å². The number of halogens is 2. The summed E-state index contributed by atoms with van der Waals surface area (Å²) in [7, 11) is 0. The molecule has 1 fully saturated rings. The second-order valence-electron chi connectivity index (χ2n) is 10.8. The molecule has 1 N–H and O–H groups in total. The molecule has 1 saturated heterocycles. The van der Waals surface area contributed by atoms with Crippen LogP contribution in [0.3, 0.4) is 0 Å². The van der Waals surface area contributed by atoms with Gasteiger partial charge in [0.1, 0.15) is 28.4 Å². The van der Waals surface area contributed by atoms with Gasteiger partial charge in [0.05, 0.1) is 17.0 Å². The number of piperazine rings is 1. The molecule has 4 heterocycles. The third-order valence-electron chi connectivity index (χ3n) is 6.78. The van der Waals surface area contributed by atoms with E-state index in [4.69, 9.17) is 16.3 Å². The summed E-state index contributed by atoms with van der Waals surface area (Å²) in [5.41, 5.74) is 1.26. The number of aromatic nitrogens is 2. The van der Waals surface area contributed by atoms with Crippen molar-refractivity contribution in [3.05, 3.63) is 58.0 Å². The number of ether oxygens (including phenoxy) is 1. The van der Waals surface area contributed by atoms with E-state index in [1.165, 1.54) is 18.5 Å². The van der Waals surface area contributed by atoms with Crippen molar-refractivity contribution < 1.29 is 18.7 Å². The number of amides is 2. The fourth-order valence-electron chi connectivity index (χ4n) is 4.77. The number of nitrogens with zero attached hydrogens (tertiary/aromatic N) is 5. The Labute approximate surface area is 241 Å². The lowest BCUT2D eigenvalue weighted by Gasteiger charge is -2.35.